The molecule has 1 saturated heterocycles. The van der Waals surface area contributed by atoms with Crippen LogP contribution in [0, 0.1) is 0 Å². The molecule has 1 aliphatic carbocycles. The molecule has 30 heavy (non-hydrogen) atoms. The molecule has 2 aliphatic rings. The molecule has 2 fully saturated rings. The number of hydrogen-bond acceptors (Lipinski definition) is 4. The molecule has 1 aliphatic heterocycles. The maximum absolute atomic E-state index is 13.2. The maximum Gasteiger partial charge on any atom is 0.416 e. The summed E-state index contributed by atoms with van der Waals surface area (Å²) in [5.74, 6) is 0.634. The van der Waals surface area contributed by atoms with Gasteiger partial charge in [-0.3, -0.25) is 9.69 Å². The van der Waals surface area contributed by atoms with E-state index in [1.54, 1.807) is 11.1 Å². The molecule has 6 heteroatoms. The third-order valence-corrected chi connectivity index (χ3v) is 5.44. The van der Waals surface area contributed by atoms with Gasteiger partial charge in [0, 0.05) is 29.9 Å². The second kappa shape index (κ2) is 8.09. The predicted molar refractivity (Wildman–Crippen MR) is 115 cm³/mol. The van der Waals surface area contributed by atoms with Gasteiger partial charge in [0.15, 0.2) is 0 Å². The van der Waals surface area contributed by atoms with Gasteiger partial charge in [-0.1, -0.05) is 24.3 Å². The number of anilines is 1. The lowest BCUT2D eigenvalue weighted by atomic mass is 10.0. The molecule has 6 nitrogen and oxygen atoms in total. The first-order chi connectivity index (χ1) is 14.3. The minimum Gasteiger partial charge on any atom is -0.443 e. The van der Waals surface area contributed by atoms with Crippen LogP contribution in [0.25, 0.3) is 0 Å². The smallest absolute Gasteiger partial charge is 0.416 e. The summed E-state index contributed by atoms with van der Waals surface area (Å²) in [6, 6.07) is 13.2. The van der Waals surface area contributed by atoms with Gasteiger partial charge < -0.3 is 9.64 Å². The molecule has 2 aromatic rings. The number of nitrogens with zero attached hydrogens (tertiary/aromatic N) is 3. The molecule has 0 N–H and O–H groups in total. The van der Waals surface area contributed by atoms with Crippen molar-refractivity contribution in [3.8, 4) is 0 Å². The van der Waals surface area contributed by atoms with Gasteiger partial charge in [-0.05, 0) is 64.7 Å². The Morgan fingerprint density at radius 3 is 2.47 bits per heavy atom. The zero-order chi connectivity index (χ0) is 21.3. The third-order valence-electron chi connectivity index (χ3n) is 5.44. The highest BCUT2D eigenvalue weighted by Crippen LogP contribution is 2.40. The van der Waals surface area contributed by atoms with E-state index in [-0.39, 0.29) is 24.1 Å². The van der Waals surface area contributed by atoms with Crippen molar-refractivity contribution in [1.29, 1.82) is 0 Å². The third kappa shape index (κ3) is 4.32. The molecule has 1 saturated carbocycles. The first-order valence-electron chi connectivity index (χ1n) is 10.7. The molecule has 1 atom stereocenters. The number of likely N-dealkylation sites (tertiary alicyclic amines) is 1. The van der Waals surface area contributed by atoms with Crippen LogP contribution in [0.1, 0.15) is 68.4 Å². The molecule has 2 amide bonds. The zero-order valence-corrected chi connectivity index (χ0v) is 17.9. The van der Waals surface area contributed by atoms with Crippen molar-refractivity contribution in [1.82, 2.24) is 9.88 Å². The average Bonchev–Trinajstić information content (AvgIpc) is 3.42. The summed E-state index contributed by atoms with van der Waals surface area (Å²) in [4.78, 5) is 34.4. The van der Waals surface area contributed by atoms with E-state index in [9.17, 15) is 9.59 Å². The van der Waals surface area contributed by atoms with Crippen LogP contribution >= 0.6 is 0 Å². The van der Waals surface area contributed by atoms with E-state index in [4.69, 9.17) is 4.74 Å². The standard InChI is InChI=1S/C24H29N3O3/c1-24(2,3)30-23(29)27(18-13-14-18)21-19(11-7-15-25-21)20-12-8-16-26(20)22(28)17-9-5-4-6-10-17/h4-7,9-11,15,18,20H,8,12-14,16H2,1-3H3/t20-/m1/s1. The van der Waals surface area contributed by atoms with Gasteiger partial charge in [-0.25, -0.2) is 9.78 Å². The van der Waals surface area contributed by atoms with Crippen LogP contribution in [0.3, 0.4) is 0 Å². The Morgan fingerprint density at radius 2 is 1.80 bits per heavy atom. The Balaban J connectivity index is 1.67. The Hall–Kier alpha value is -2.89. The molecular weight excluding hydrogens is 378 g/mol. The summed E-state index contributed by atoms with van der Waals surface area (Å²) in [6.45, 7) is 6.30. The molecule has 1 aromatic carbocycles. The number of pyridine rings is 1. The lowest BCUT2D eigenvalue weighted by molar-refractivity contribution is 0.0576. The molecular formula is C24H29N3O3. The highest BCUT2D eigenvalue weighted by atomic mass is 16.6. The number of carbonyl (C=O) groups excluding carboxylic acids is 2. The van der Waals surface area contributed by atoms with Crippen LogP contribution in [0.2, 0.25) is 0 Å². The van der Waals surface area contributed by atoms with E-state index in [2.05, 4.69) is 4.98 Å². The van der Waals surface area contributed by atoms with Crippen molar-refractivity contribution >= 4 is 17.8 Å². The van der Waals surface area contributed by atoms with Crippen molar-refractivity contribution in [2.24, 2.45) is 0 Å². The van der Waals surface area contributed by atoms with Gasteiger partial charge in [0.05, 0.1) is 6.04 Å². The Kier molecular flexibility index (Phi) is 5.50. The van der Waals surface area contributed by atoms with Gasteiger partial charge in [0.1, 0.15) is 11.4 Å². The SMILES string of the molecule is CC(C)(C)OC(=O)N(c1ncccc1[C@H]1CCCN1C(=O)c1ccccc1)C1CC1. The van der Waals surface area contributed by atoms with E-state index < -0.39 is 5.60 Å². The molecule has 0 unspecified atom stereocenters. The summed E-state index contributed by atoms with van der Waals surface area (Å²) in [7, 11) is 0. The minimum atomic E-state index is -0.582. The first-order valence-corrected chi connectivity index (χ1v) is 10.7. The Morgan fingerprint density at radius 1 is 1.07 bits per heavy atom. The second-order valence-corrected chi connectivity index (χ2v) is 9.02. The van der Waals surface area contributed by atoms with Crippen LogP contribution in [0.15, 0.2) is 48.7 Å². The van der Waals surface area contributed by atoms with Crippen molar-refractivity contribution in [2.75, 3.05) is 11.4 Å². The number of hydrogen-bond donors (Lipinski definition) is 0. The van der Waals surface area contributed by atoms with Crippen molar-refractivity contribution < 1.29 is 14.3 Å². The van der Waals surface area contributed by atoms with Crippen LogP contribution in [0.4, 0.5) is 10.6 Å². The quantitative estimate of drug-likeness (QED) is 0.718. The first kappa shape index (κ1) is 20.4. The normalized spacial score (nSPS) is 18.9. The monoisotopic (exact) mass is 407 g/mol. The predicted octanol–water partition coefficient (Wildman–Crippen LogP) is 4.96. The summed E-state index contributed by atoms with van der Waals surface area (Å²) >= 11 is 0. The Labute approximate surface area is 177 Å². The summed E-state index contributed by atoms with van der Waals surface area (Å²) in [5, 5.41) is 0. The number of aromatic nitrogens is 1. The van der Waals surface area contributed by atoms with Gasteiger partial charge in [-0.15, -0.1) is 0 Å². The van der Waals surface area contributed by atoms with Gasteiger partial charge >= 0.3 is 6.09 Å². The summed E-state index contributed by atoms with van der Waals surface area (Å²) in [6.07, 6.45) is 4.98. The number of carbonyl (C=O) groups is 2. The van der Waals surface area contributed by atoms with Crippen LogP contribution in [-0.4, -0.2) is 40.1 Å². The van der Waals surface area contributed by atoms with E-state index >= 15 is 0 Å². The van der Waals surface area contributed by atoms with Crippen LogP contribution in [-0.2, 0) is 4.74 Å². The number of benzene rings is 1. The number of amides is 2. The van der Waals surface area contributed by atoms with Gasteiger partial charge in [0.2, 0.25) is 0 Å². The fraction of sp³-hybridized carbons (Fsp3) is 0.458. The van der Waals surface area contributed by atoms with Gasteiger partial charge in [0.25, 0.3) is 5.91 Å². The topological polar surface area (TPSA) is 62.7 Å². The summed E-state index contributed by atoms with van der Waals surface area (Å²) in [5.41, 5.74) is 1.01. The molecule has 1 aromatic heterocycles. The number of rotatable bonds is 4. The molecule has 158 valence electrons. The second-order valence-electron chi connectivity index (χ2n) is 9.02. The largest absolute Gasteiger partial charge is 0.443 e. The fourth-order valence-electron chi connectivity index (χ4n) is 4.00. The maximum atomic E-state index is 13.2. The minimum absolute atomic E-state index is 0.0168. The highest BCUT2D eigenvalue weighted by Gasteiger charge is 2.41. The van der Waals surface area contributed by atoms with E-state index in [0.717, 1.165) is 31.2 Å². The Bertz CT molecular complexity index is 919. The number of ether oxygens (including phenoxy) is 1. The van der Waals surface area contributed by atoms with Crippen LogP contribution < -0.4 is 4.90 Å². The molecule has 0 bridgehead atoms. The van der Waals surface area contributed by atoms with Crippen molar-refractivity contribution in [3.63, 3.8) is 0 Å². The average molecular weight is 408 g/mol. The molecule has 0 radical (unpaired) electrons. The van der Waals surface area contributed by atoms with E-state index in [1.807, 2.05) is 68.1 Å². The van der Waals surface area contributed by atoms with Crippen LogP contribution in [0.5, 0.6) is 0 Å². The zero-order valence-electron chi connectivity index (χ0n) is 17.9. The van der Waals surface area contributed by atoms with Crippen molar-refractivity contribution in [3.05, 3.63) is 59.8 Å². The highest BCUT2D eigenvalue weighted by molar-refractivity contribution is 5.95. The molecule has 4 rings (SSSR count). The van der Waals surface area contributed by atoms with E-state index in [0.29, 0.717) is 17.9 Å². The lowest BCUT2D eigenvalue weighted by Crippen LogP contribution is -2.40. The van der Waals surface area contributed by atoms with Crippen molar-refractivity contribution in [2.45, 2.75) is 64.1 Å². The summed E-state index contributed by atoms with van der Waals surface area (Å²) < 4.78 is 5.68. The fourth-order valence-corrected chi connectivity index (χ4v) is 4.00. The molecule has 2 heterocycles. The van der Waals surface area contributed by atoms with Gasteiger partial charge in [-0.2, -0.15) is 0 Å². The molecule has 0 spiro atoms. The lowest BCUT2D eigenvalue weighted by Gasteiger charge is -2.31. The van der Waals surface area contributed by atoms with E-state index in [1.165, 1.54) is 0 Å².